The lowest BCUT2D eigenvalue weighted by atomic mass is 9.83. The van der Waals surface area contributed by atoms with Crippen molar-refractivity contribution in [3.05, 3.63) is 34.9 Å². The van der Waals surface area contributed by atoms with Crippen LogP contribution in [0.4, 0.5) is 4.39 Å². The van der Waals surface area contributed by atoms with Crippen molar-refractivity contribution in [3.63, 3.8) is 0 Å². The molecule has 0 bridgehead atoms. The summed E-state index contributed by atoms with van der Waals surface area (Å²) in [6, 6.07) is 6.38. The van der Waals surface area contributed by atoms with Crippen LogP contribution in [0.15, 0.2) is 18.2 Å². The van der Waals surface area contributed by atoms with Crippen molar-refractivity contribution < 1.29 is 19.0 Å². The molecule has 0 aromatic heterocycles. The molecular formula is C22H33FN2O3. The minimum Gasteiger partial charge on any atom is -0.390 e. The van der Waals surface area contributed by atoms with Gasteiger partial charge in [-0.25, -0.2) is 4.39 Å². The highest BCUT2D eigenvalue weighted by atomic mass is 19.1. The summed E-state index contributed by atoms with van der Waals surface area (Å²) >= 11 is 0. The molecule has 6 heteroatoms. The summed E-state index contributed by atoms with van der Waals surface area (Å²) in [5, 5.41) is 13.0. The average Bonchev–Trinajstić information content (AvgIpc) is 2.70. The Morgan fingerprint density at radius 2 is 2.25 bits per heavy atom. The predicted octanol–water partition coefficient (Wildman–Crippen LogP) is 2.55. The number of rotatable bonds is 7. The zero-order chi connectivity index (χ0) is 20.1. The van der Waals surface area contributed by atoms with Crippen LogP contribution in [-0.2, 0) is 22.4 Å². The van der Waals surface area contributed by atoms with E-state index in [-0.39, 0.29) is 25.0 Å². The Morgan fingerprint density at radius 3 is 2.96 bits per heavy atom. The number of carbonyl (C=O) groups excluding carboxylic acids is 1. The van der Waals surface area contributed by atoms with Crippen LogP contribution in [0, 0.1) is 0 Å². The van der Waals surface area contributed by atoms with Crippen molar-refractivity contribution in [2.75, 3.05) is 33.4 Å². The first-order valence-electron chi connectivity index (χ1n) is 10.5. The number of nitrogens with zero attached hydrogens (tertiary/aromatic N) is 1. The van der Waals surface area contributed by atoms with Gasteiger partial charge in [-0.1, -0.05) is 38.0 Å². The second kappa shape index (κ2) is 9.33. The first-order chi connectivity index (χ1) is 13.5. The quantitative estimate of drug-likeness (QED) is 0.749. The Labute approximate surface area is 167 Å². The number of amides is 1. The molecule has 1 amide bonds. The number of aliphatic hydroxyl groups excluding tert-OH is 1. The third-order valence-corrected chi connectivity index (χ3v) is 6.23. The van der Waals surface area contributed by atoms with Gasteiger partial charge >= 0.3 is 0 Å². The van der Waals surface area contributed by atoms with Gasteiger partial charge in [-0.2, -0.15) is 0 Å². The van der Waals surface area contributed by atoms with E-state index in [9.17, 15) is 14.3 Å². The summed E-state index contributed by atoms with van der Waals surface area (Å²) in [5.41, 5.74) is 2.04. The second-order valence-corrected chi connectivity index (χ2v) is 8.09. The normalized spacial score (nSPS) is 27.5. The first kappa shape index (κ1) is 21.2. The SMILES string of the molecule is CCc1ccc2c(c1)C(COC)N(C(=O)CNCC1(F)CCCCC1O)CC2. The van der Waals surface area contributed by atoms with Gasteiger partial charge in [0.15, 0.2) is 0 Å². The molecule has 5 nitrogen and oxygen atoms in total. The molecular weight excluding hydrogens is 359 g/mol. The fourth-order valence-corrected chi connectivity index (χ4v) is 4.47. The summed E-state index contributed by atoms with van der Waals surface area (Å²) in [5.74, 6) is -0.0523. The number of fused-ring (bicyclic) bond motifs is 1. The Morgan fingerprint density at radius 1 is 1.43 bits per heavy atom. The summed E-state index contributed by atoms with van der Waals surface area (Å²) in [6.45, 7) is 3.28. The minimum atomic E-state index is -1.63. The monoisotopic (exact) mass is 392 g/mol. The number of alkyl halides is 1. The van der Waals surface area contributed by atoms with E-state index in [1.807, 2.05) is 4.90 Å². The lowest BCUT2D eigenvalue weighted by Gasteiger charge is -2.38. The number of methoxy groups -OCH3 is 1. The molecule has 1 aromatic carbocycles. The molecule has 1 saturated carbocycles. The summed E-state index contributed by atoms with van der Waals surface area (Å²) in [4.78, 5) is 14.7. The fraction of sp³-hybridized carbons (Fsp3) is 0.682. The summed E-state index contributed by atoms with van der Waals surface area (Å²) < 4.78 is 20.3. The van der Waals surface area contributed by atoms with Crippen LogP contribution in [0.2, 0.25) is 0 Å². The highest BCUT2D eigenvalue weighted by Gasteiger charge is 2.40. The zero-order valence-corrected chi connectivity index (χ0v) is 17.0. The van der Waals surface area contributed by atoms with Gasteiger partial charge in [0.05, 0.1) is 25.3 Å². The summed E-state index contributed by atoms with van der Waals surface area (Å²) in [6.07, 6.45) is 3.29. The smallest absolute Gasteiger partial charge is 0.237 e. The van der Waals surface area contributed by atoms with Crippen LogP contribution < -0.4 is 5.32 Å². The molecule has 3 rings (SSSR count). The van der Waals surface area contributed by atoms with E-state index in [2.05, 4.69) is 30.4 Å². The molecule has 3 unspecified atom stereocenters. The zero-order valence-electron chi connectivity index (χ0n) is 17.0. The van der Waals surface area contributed by atoms with Gasteiger partial charge in [0.2, 0.25) is 5.91 Å². The van der Waals surface area contributed by atoms with E-state index in [1.54, 1.807) is 7.11 Å². The van der Waals surface area contributed by atoms with Crippen molar-refractivity contribution in [1.82, 2.24) is 10.2 Å². The maximum atomic E-state index is 14.9. The van der Waals surface area contributed by atoms with Crippen molar-refractivity contribution in [3.8, 4) is 0 Å². The molecule has 0 saturated heterocycles. The number of hydrogen-bond acceptors (Lipinski definition) is 4. The van der Waals surface area contributed by atoms with Crippen LogP contribution >= 0.6 is 0 Å². The van der Waals surface area contributed by atoms with Gasteiger partial charge < -0.3 is 20.1 Å². The van der Waals surface area contributed by atoms with E-state index < -0.39 is 11.8 Å². The molecule has 3 atom stereocenters. The molecule has 1 aliphatic carbocycles. The Hall–Kier alpha value is -1.50. The third-order valence-electron chi connectivity index (χ3n) is 6.23. The highest BCUT2D eigenvalue weighted by molar-refractivity contribution is 5.79. The topological polar surface area (TPSA) is 61.8 Å². The van der Waals surface area contributed by atoms with Crippen molar-refractivity contribution in [2.45, 2.75) is 63.3 Å². The third kappa shape index (κ3) is 4.56. The summed E-state index contributed by atoms with van der Waals surface area (Å²) in [7, 11) is 1.65. The first-order valence-corrected chi connectivity index (χ1v) is 10.5. The minimum absolute atomic E-state index is 0.0132. The van der Waals surface area contributed by atoms with Gasteiger partial charge in [-0.05, 0) is 42.4 Å². The van der Waals surface area contributed by atoms with E-state index in [1.165, 1.54) is 11.1 Å². The van der Waals surface area contributed by atoms with E-state index in [4.69, 9.17) is 4.74 Å². The van der Waals surface area contributed by atoms with E-state index in [0.717, 1.165) is 31.2 Å². The maximum absolute atomic E-state index is 14.9. The molecule has 1 fully saturated rings. The predicted molar refractivity (Wildman–Crippen MR) is 107 cm³/mol. The molecule has 0 spiro atoms. The maximum Gasteiger partial charge on any atom is 0.237 e. The largest absolute Gasteiger partial charge is 0.390 e. The molecule has 156 valence electrons. The molecule has 0 radical (unpaired) electrons. The molecule has 1 heterocycles. The average molecular weight is 393 g/mol. The van der Waals surface area contributed by atoms with Crippen LogP contribution in [0.3, 0.4) is 0 Å². The van der Waals surface area contributed by atoms with Gasteiger partial charge in [-0.15, -0.1) is 0 Å². The van der Waals surface area contributed by atoms with Crippen molar-refractivity contribution >= 4 is 5.91 Å². The number of carbonyl (C=O) groups is 1. The number of benzene rings is 1. The second-order valence-electron chi connectivity index (χ2n) is 8.09. The fourth-order valence-electron chi connectivity index (χ4n) is 4.47. The van der Waals surface area contributed by atoms with Crippen LogP contribution in [0.1, 0.15) is 55.3 Å². The Balaban J connectivity index is 1.65. The van der Waals surface area contributed by atoms with Gasteiger partial charge in [0, 0.05) is 20.2 Å². The van der Waals surface area contributed by atoms with Crippen molar-refractivity contribution in [2.24, 2.45) is 0 Å². The molecule has 1 aromatic rings. The van der Waals surface area contributed by atoms with Gasteiger partial charge in [-0.3, -0.25) is 4.79 Å². The number of halogens is 1. The number of aryl methyl sites for hydroxylation is 1. The highest BCUT2D eigenvalue weighted by Crippen LogP contribution is 2.32. The number of aliphatic hydroxyl groups is 1. The van der Waals surface area contributed by atoms with E-state index >= 15 is 0 Å². The Kier molecular flexibility index (Phi) is 7.07. The van der Waals surface area contributed by atoms with Crippen molar-refractivity contribution in [1.29, 1.82) is 0 Å². The van der Waals surface area contributed by atoms with Gasteiger partial charge in [0.25, 0.3) is 0 Å². The van der Waals surface area contributed by atoms with Crippen LogP contribution in [0.5, 0.6) is 0 Å². The molecule has 2 aliphatic rings. The lowest BCUT2D eigenvalue weighted by molar-refractivity contribution is -0.134. The van der Waals surface area contributed by atoms with Gasteiger partial charge in [0.1, 0.15) is 5.67 Å². The molecule has 28 heavy (non-hydrogen) atoms. The number of nitrogens with one attached hydrogen (secondary N) is 1. The van der Waals surface area contributed by atoms with E-state index in [0.29, 0.717) is 26.0 Å². The Bertz CT molecular complexity index is 684. The number of hydrogen-bond donors (Lipinski definition) is 2. The van der Waals surface area contributed by atoms with Crippen LogP contribution in [0.25, 0.3) is 0 Å². The number of ether oxygens (including phenoxy) is 1. The van der Waals surface area contributed by atoms with Crippen LogP contribution in [-0.4, -0.2) is 61.0 Å². The standard InChI is InChI=1S/C22H33FN2O3/c1-3-16-7-8-17-9-11-25(19(14-28-2)18(17)12-16)21(27)13-24-15-22(23)10-5-4-6-20(22)26/h7-8,12,19-20,24,26H,3-6,9-11,13-15H2,1-2H3. The molecule has 2 N–H and O–H groups in total. The molecule has 1 aliphatic heterocycles. The lowest BCUT2D eigenvalue weighted by Crippen LogP contribution is -2.51.